The lowest BCUT2D eigenvalue weighted by Gasteiger charge is -2.27. The van der Waals surface area contributed by atoms with Gasteiger partial charge in [0.15, 0.2) is 0 Å². The van der Waals surface area contributed by atoms with Crippen LogP contribution in [0.3, 0.4) is 0 Å². The third-order valence-corrected chi connectivity index (χ3v) is 5.05. The first-order valence-corrected chi connectivity index (χ1v) is 10.5. The van der Waals surface area contributed by atoms with Gasteiger partial charge in [0.2, 0.25) is 5.89 Å². The second kappa shape index (κ2) is 10.4. The molecule has 2 aromatic heterocycles. The van der Waals surface area contributed by atoms with Gasteiger partial charge in [-0.05, 0) is 18.9 Å². The lowest BCUT2D eigenvalue weighted by atomic mass is 10.0. The summed E-state index contributed by atoms with van der Waals surface area (Å²) >= 11 is 0. The highest BCUT2D eigenvalue weighted by molar-refractivity contribution is 5.94. The minimum Gasteiger partial charge on any atom is -0.447 e. The fourth-order valence-electron chi connectivity index (χ4n) is 3.37. The van der Waals surface area contributed by atoms with E-state index in [1.165, 1.54) is 0 Å². The van der Waals surface area contributed by atoms with Crippen LogP contribution in [0, 0.1) is 5.82 Å². The maximum Gasteiger partial charge on any atom is 0.522 e. The standard InChI is InChI=1S/C20H16F7N5O5/c21-11-6-12-13(5-10(11)19(22,23)24)30-14(7-28-12)16(33)29-9-1-2-15(35-8-9)17-31-32-18(37-17)34-3-4-36-20(25,26)27/h5-7,9,15H,1-4,8H2,(H,29,33)/t9-,15+/m0/s1. The van der Waals surface area contributed by atoms with Gasteiger partial charge in [0, 0.05) is 6.07 Å². The Labute approximate surface area is 202 Å². The molecule has 1 saturated heterocycles. The summed E-state index contributed by atoms with van der Waals surface area (Å²) in [4.78, 5) is 20.2. The fraction of sp³-hybridized carbons (Fsp3) is 0.450. The summed E-state index contributed by atoms with van der Waals surface area (Å²) in [6.07, 6.45) is -9.08. The third kappa shape index (κ3) is 6.79. The number of amides is 1. The molecule has 1 aliphatic heterocycles. The Hall–Kier alpha value is -3.60. The SMILES string of the molecule is O=C(N[C@H]1CC[C@H](c2nnc(OCCOC(F)(F)F)o2)OC1)c1cnc2cc(F)c(C(F)(F)F)cc2n1. The molecule has 17 heteroatoms. The first-order chi connectivity index (χ1) is 17.4. The van der Waals surface area contributed by atoms with E-state index in [9.17, 15) is 35.5 Å². The van der Waals surface area contributed by atoms with Gasteiger partial charge in [-0.2, -0.15) is 13.2 Å². The zero-order valence-corrected chi connectivity index (χ0v) is 18.4. The molecule has 1 aromatic carbocycles. The first kappa shape index (κ1) is 26.5. The van der Waals surface area contributed by atoms with Crippen molar-refractivity contribution in [3.8, 4) is 6.08 Å². The topological polar surface area (TPSA) is 121 Å². The van der Waals surface area contributed by atoms with Gasteiger partial charge in [0.1, 0.15) is 24.2 Å². The van der Waals surface area contributed by atoms with Gasteiger partial charge >= 0.3 is 18.6 Å². The molecule has 3 heterocycles. The zero-order valence-electron chi connectivity index (χ0n) is 18.4. The molecular formula is C20H16F7N5O5. The van der Waals surface area contributed by atoms with Crippen LogP contribution >= 0.6 is 0 Å². The molecule has 2 atom stereocenters. The number of hydrogen-bond acceptors (Lipinski definition) is 9. The number of ether oxygens (including phenoxy) is 3. The van der Waals surface area contributed by atoms with Crippen molar-refractivity contribution in [1.82, 2.24) is 25.5 Å². The van der Waals surface area contributed by atoms with Crippen molar-refractivity contribution in [2.45, 2.75) is 37.5 Å². The van der Waals surface area contributed by atoms with Crippen LogP contribution in [0.5, 0.6) is 6.08 Å². The van der Waals surface area contributed by atoms with Crippen LogP contribution in [0.15, 0.2) is 22.7 Å². The molecule has 37 heavy (non-hydrogen) atoms. The van der Waals surface area contributed by atoms with E-state index in [0.29, 0.717) is 25.0 Å². The van der Waals surface area contributed by atoms with E-state index >= 15 is 0 Å². The van der Waals surface area contributed by atoms with Crippen molar-refractivity contribution < 1.29 is 54.2 Å². The number of hydrogen-bond donors (Lipinski definition) is 1. The van der Waals surface area contributed by atoms with Crippen LogP contribution in [0.25, 0.3) is 11.0 Å². The Morgan fingerprint density at radius 3 is 2.54 bits per heavy atom. The van der Waals surface area contributed by atoms with Gasteiger partial charge in [-0.1, -0.05) is 5.10 Å². The summed E-state index contributed by atoms with van der Waals surface area (Å²) in [5.41, 5.74) is -2.26. The van der Waals surface area contributed by atoms with Crippen LogP contribution in [0.4, 0.5) is 30.7 Å². The molecule has 1 fully saturated rings. The Morgan fingerprint density at radius 2 is 1.86 bits per heavy atom. The minimum absolute atomic E-state index is 0.00115. The number of nitrogens with zero attached hydrogens (tertiary/aromatic N) is 4. The Kier molecular flexibility index (Phi) is 7.44. The number of alkyl halides is 6. The van der Waals surface area contributed by atoms with E-state index in [1.807, 2.05) is 0 Å². The van der Waals surface area contributed by atoms with Gasteiger partial charge in [-0.15, -0.1) is 18.3 Å². The number of carbonyl (C=O) groups is 1. The van der Waals surface area contributed by atoms with E-state index in [4.69, 9.17) is 13.9 Å². The maximum absolute atomic E-state index is 13.7. The molecule has 1 N–H and O–H groups in total. The van der Waals surface area contributed by atoms with Crippen LogP contribution in [0.1, 0.15) is 40.9 Å². The van der Waals surface area contributed by atoms with Gasteiger partial charge < -0.3 is 19.2 Å². The summed E-state index contributed by atoms with van der Waals surface area (Å²) < 4.78 is 108. The number of halogens is 7. The molecule has 0 bridgehead atoms. The number of carbonyl (C=O) groups excluding carboxylic acids is 1. The average molecular weight is 539 g/mol. The smallest absolute Gasteiger partial charge is 0.447 e. The van der Waals surface area contributed by atoms with Crippen molar-refractivity contribution in [1.29, 1.82) is 0 Å². The van der Waals surface area contributed by atoms with Gasteiger partial charge in [0.25, 0.3) is 5.91 Å². The van der Waals surface area contributed by atoms with E-state index in [-0.39, 0.29) is 35.3 Å². The Bertz CT molecular complexity index is 1260. The molecular weight excluding hydrogens is 523 g/mol. The Balaban J connectivity index is 1.30. The lowest BCUT2D eigenvalue weighted by Crippen LogP contribution is -2.41. The number of aromatic nitrogens is 4. The summed E-state index contributed by atoms with van der Waals surface area (Å²) in [6.45, 7) is -1.26. The van der Waals surface area contributed by atoms with Crippen LogP contribution < -0.4 is 10.1 Å². The van der Waals surface area contributed by atoms with Gasteiger partial charge in [-0.3, -0.25) is 14.5 Å². The summed E-state index contributed by atoms with van der Waals surface area (Å²) in [5.74, 6) is -2.21. The summed E-state index contributed by atoms with van der Waals surface area (Å²) in [5, 5.41) is 9.89. The highest BCUT2D eigenvalue weighted by Crippen LogP contribution is 2.33. The molecule has 0 radical (unpaired) electrons. The molecule has 0 aliphatic carbocycles. The first-order valence-electron chi connectivity index (χ1n) is 10.5. The Morgan fingerprint density at radius 1 is 1.08 bits per heavy atom. The van der Waals surface area contributed by atoms with Gasteiger partial charge in [-0.25, -0.2) is 9.37 Å². The van der Waals surface area contributed by atoms with Crippen molar-refractivity contribution in [2.24, 2.45) is 0 Å². The number of rotatable bonds is 7. The number of nitrogens with one attached hydrogen (secondary N) is 1. The van der Waals surface area contributed by atoms with Gasteiger partial charge in [0.05, 0.1) is 42.0 Å². The highest BCUT2D eigenvalue weighted by Gasteiger charge is 2.35. The van der Waals surface area contributed by atoms with E-state index in [1.54, 1.807) is 0 Å². The molecule has 3 aromatic rings. The molecule has 0 saturated carbocycles. The summed E-state index contributed by atoms with van der Waals surface area (Å²) in [7, 11) is 0. The van der Waals surface area contributed by atoms with E-state index < -0.39 is 55.2 Å². The van der Waals surface area contributed by atoms with Crippen molar-refractivity contribution in [3.05, 3.63) is 41.3 Å². The second-order valence-electron chi connectivity index (χ2n) is 7.69. The largest absolute Gasteiger partial charge is 0.522 e. The normalized spacial score (nSPS) is 18.7. The fourth-order valence-corrected chi connectivity index (χ4v) is 3.37. The zero-order chi connectivity index (χ0) is 26.8. The molecule has 10 nitrogen and oxygen atoms in total. The van der Waals surface area contributed by atoms with E-state index in [0.717, 1.165) is 6.20 Å². The summed E-state index contributed by atoms with van der Waals surface area (Å²) in [6, 6.07) is 0.569. The lowest BCUT2D eigenvalue weighted by molar-refractivity contribution is -0.325. The number of benzene rings is 1. The van der Waals surface area contributed by atoms with Crippen LogP contribution in [-0.2, 0) is 15.7 Å². The van der Waals surface area contributed by atoms with E-state index in [2.05, 4.69) is 30.2 Å². The van der Waals surface area contributed by atoms with Crippen LogP contribution in [-0.4, -0.2) is 58.3 Å². The minimum atomic E-state index is -4.94. The number of fused-ring (bicyclic) bond motifs is 1. The molecule has 1 aliphatic rings. The monoisotopic (exact) mass is 539 g/mol. The quantitative estimate of drug-likeness (QED) is 0.354. The highest BCUT2D eigenvalue weighted by atomic mass is 19.4. The molecule has 1 amide bonds. The predicted molar refractivity (Wildman–Crippen MR) is 105 cm³/mol. The molecule has 4 rings (SSSR count). The average Bonchev–Trinajstić information content (AvgIpc) is 3.29. The molecule has 0 spiro atoms. The van der Waals surface area contributed by atoms with Crippen molar-refractivity contribution in [2.75, 3.05) is 19.8 Å². The van der Waals surface area contributed by atoms with Crippen molar-refractivity contribution >= 4 is 16.9 Å². The van der Waals surface area contributed by atoms with Crippen molar-refractivity contribution in [3.63, 3.8) is 0 Å². The molecule has 200 valence electrons. The molecule has 0 unspecified atom stereocenters. The predicted octanol–water partition coefficient (Wildman–Crippen LogP) is 3.74. The van der Waals surface area contributed by atoms with Crippen LogP contribution in [0.2, 0.25) is 0 Å². The maximum atomic E-state index is 13.7. The third-order valence-electron chi connectivity index (χ3n) is 5.05. The second-order valence-corrected chi connectivity index (χ2v) is 7.69.